The minimum absolute atomic E-state index is 0.0581. The summed E-state index contributed by atoms with van der Waals surface area (Å²) >= 11 is 0. The van der Waals surface area contributed by atoms with E-state index in [4.69, 9.17) is 18.9 Å². The van der Waals surface area contributed by atoms with E-state index in [9.17, 15) is 29.1 Å². The van der Waals surface area contributed by atoms with E-state index in [0.29, 0.717) is 28.7 Å². The topological polar surface area (TPSA) is 146 Å². The van der Waals surface area contributed by atoms with Gasteiger partial charge in [-0.1, -0.05) is 57.7 Å². The molecular weight excluding hydrogens is 618 g/mol. The molecule has 0 amide bonds. The van der Waals surface area contributed by atoms with Crippen LogP contribution in [0.15, 0.2) is 53.6 Å². The average Bonchev–Trinajstić information content (AvgIpc) is 2.98. The van der Waals surface area contributed by atoms with Crippen molar-refractivity contribution in [2.45, 2.75) is 104 Å². The van der Waals surface area contributed by atoms with Gasteiger partial charge >= 0.3 is 23.9 Å². The fourth-order valence-corrected chi connectivity index (χ4v) is 8.36. The Kier molecular flexibility index (Phi) is 10.8. The molecule has 4 rings (SSSR count). The predicted molar refractivity (Wildman–Crippen MR) is 175 cm³/mol. The normalized spacial score (nSPS) is 31.1. The number of hydrogen-bond donors (Lipinski definition) is 1. The number of aliphatic hydroxyl groups is 1. The lowest BCUT2D eigenvalue weighted by Crippen LogP contribution is -2.64. The van der Waals surface area contributed by atoms with Crippen molar-refractivity contribution in [3.8, 4) is 0 Å². The van der Waals surface area contributed by atoms with Gasteiger partial charge in [-0.15, -0.1) is 0 Å². The van der Waals surface area contributed by atoms with E-state index in [0.717, 1.165) is 0 Å². The fourth-order valence-electron chi connectivity index (χ4n) is 8.36. The van der Waals surface area contributed by atoms with Gasteiger partial charge in [-0.3, -0.25) is 24.1 Å². The van der Waals surface area contributed by atoms with Crippen LogP contribution in [0.1, 0.15) is 79.3 Å². The predicted octanol–water partition coefficient (Wildman–Crippen LogP) is 4.27. The molecule has 0 radical (unpaired) electrons. The lowest BCUT2D eigenvalue weighted by molar-refractivity contribution is -0.212. The van der Waals surface area contributed by atoms with E-state index in [2.05, 4.69) is 6.58 Å². The number of carbonyl (C=O) groups excluding carboxylic acids is 5. The van der Waals surface area contributed by atoms with Crippen molar-refractivity contribution in [3.63, 3.8) is 0 Å². The second kappa shape index (κ2) is 14.0. The molecule has 2 bridgehead atoms. The van der Waals surface area contributed by atoms with Crippen molar-refractivity contribution < 1.29 is 48.0 Å². The summed E-state index contributed by atoms with van der Waals surface area (Å²) in [5, 5.41) is 11.3. The highest BCUT2D eigenvalue weighted by Crippen LogP contribution is 2.60. The highest BCUT2D eigenvalue weighted by Gasteiger charge is 2.64. The van der Waals surface area contributed by atoms with E-state index in [1.807, 2.05) is 44.2 Å². The van der Waals surface area contributed by atoms with Gasteiger partial charge in [-0.2, -0.15) is 0 Å². The maximum Gasteiger partial charge on any atom is 0.337 e. The summed E-state index contributed by atoms with van der Waals surface area (Å²) in [7, 11) is 3.49. The van der Waals surface area contributed by atoms with Gasteiger partial charge in [-0.05, 0) is 67.0 Å². The molecule has 0 aromatic heterocycles. The highest BCUT2D eigenvalue weighted by molar-refractivity contribution is 5.97. The second-order valence-corrected chi connectivity index (χ2v) is 14.4. The summed E-state index contributed by atoms with van der Waals surface area (Å²) in [6, 6.07) is 8.37. The minimum Gasteiger partial charge on any atom is -0.462 e. The molecule has 0 saturated heterocycles. The van der Waals surface area contributed by atoms with E-state index >= 15 is 0 Å². The molecule has 11 nitrogen and oxygen atoms in total. The lowest BCUT2D eigenvalue weighted by Gasteiger charge is -2.59. The molecule has 9 atom stereocenters. The molecule has 6 unspecified atom stereocenters. The van der Waals surface area contributed by atoms with Crippen LogP contribution in [0.25, 0.3) is 0 Å². The summed E-state index contributed by atoms with van der Waals surface area (Å²) < 4.78 is 24.0. The van der Waals surface area contributed by atoms with E-state index in [-0.39, 0.29) is 24.5 Å². The molecule has 1 N–H and O–H groups in total. The number of fused-ring (bicyclic) bond motifs is 3. The summed E-state index contributed by atoms with van der Waals surface area (Å²) in [6.07, 6.45) is -5.49. The molecule has 1 aromatic carbocycles. The molecule has 262 valence electrons. The molecule has 3 aliphatic rings. The standard InChI is InChI=1S/C37H49NO10/c1-19-26-16-25-17-27(42)20(2)30(36(25,6)7)33(46-22(4)40)34(47-23(5)41)37(26,8)29(45-21(3)39)18-28(19)48-35(44)32(43)31(38(9)10)24-14-12-11-13-15-24/h11-15,25-26,28-29,31-34,43H,1,16-18H2,2-10H3/t25-,26?,28?,29?,31?,32?,33-,34?,37+/m1/s1. The molecule has 11 heteroatoms. The molecular formula is C37H49NO10. The zero-order chi connectivity index (χ0) is 35.9. The summed E-state index contributed by atoms with van der Waals surface area (Å²) in [6.45, 7) is 15.6. The van der Waals surface area contributed by atoms with Crippen LogP contribution in [0, 0.1) is 22.7 Å². The second-order valence-electron chi connectivity index (χ2n) is 14.4. The lowest BCUT2D eigenvalue weighted by atomic mass is 9.49. The van der Waals surface area contributed by atoms with Crippen molar-refractivity contribution in [1.29, 1.82) is 0 Å². The Morgan fingerprint density at radius 2 is 1.50 bits per heavy atom. The largest absolute Gasteiger partial charge is 0.462 e. The van der Waals surface area contributed by atoms with Gasteiger partial charge in [0.2, 0.25) is 0 Å². The summed E-state index contributed by atoms with van der Waals surface area (Å²) in [5.74, 6) is -3.85. The first kappa shape index (κ1) is 37.0. The van der Waals surface area contributed by atoms with Crippen molar-refractivity contribution in [2.24, 2.45) is 22.7 Å². The Balaban J connectivity index is 1.85. The Morgan fingerprint density at radius 3 is 2.04 bits per heavy atom. The maximum absolute atomic E-state index is 13.7. The van der Waals surface area contributed by atoms with Gasteiger partial charge in [0, 0.05) is 33.6 Å². The van der Waals surface area contributed by atoms with Crippen molar-refractivity contribution in [3.05, 3.63) is 59.2 Å². The van der Waals surface area contributed by atoms with Crippen LogP contribution in [0.5, 0.6) is 0 Å². The van der Waals surface area contributed by atoms with Crippen LogP contribution < -0.4 is 0 Å². The SMILES string of the molecule is C=C1C(OC(=O)C(O)C(c2ccccc2)N(C)C)CC(OC(C)=O)[C@]2(C)C1C[C@@H]1CC(=O)C(C)=C([C@@H](OC(C)=O)C2OC(C)=O)C1(C)C. The number of Topliss-reactive ketones (excluding diaryl/α,β-unsaturated/α-hetero) is 1. The maximum atomic E-state index is 13.7. The number of rotatable bonds is 8. The third-order valence-electron chi connectivity index (χ3n) is 10.8. The van der Waals surface area contributed by atoms with Crippen LogP contribution >= 0.6 is 0 Å². The van der Waals surface area contributed by atoms with Gasteiger partial charge < -0.3 is 24.1 Å². The molecule has 3 aliphatic carbocycles. The molecule has 1 aromatic rings. The van der Waals surface area contributed by atoms with Crippen LogP contribution in [0.4, 0.5) is 0 Å². The number of esters is 4. The summed E-state index contributed by atoms with van der Waals surface area (Å²) in [5.41, 5.74) is 0.235. The third-order valence-corrected chi connectivity index (χ3v) is 10.8. The van der Waals surface area contributed by atoms with E-state index in [1.54, 1.807) is 32.8 Å². The number of benzene rings is 1. The first-order chi connectivity index (χ1) is 22.3. The zero-order valence-corrected chi connectivity index (χ0v) is 29.4. The molecule has 0 spiro atoms. The molecule has 0 heterocycles. The minimum atomic E-state index is -1.57. The van der Waals surface area contributed by atoms with Crippen molar-refractivity contribution in [1.82, 2.24) is 4.90 Å². The number of ether oxygens (including phenoxy) is 4. The molecule has 0 aliphatic heterocycles. The van der Waals surface area contributed by atoms with Gasteiger partial charge in [0.25, 0.3) is 0 Å². The number of nitrogens with zero attached hydrogens (tertiary/aromatic N) is 1. The molecule has 2 saturated carbocycles. The molecule has 48 heavy (non-hydrogen) atoms. The monoisotopic (exact) mass is 667 g/mol. The van der Waals surface area contributed by atoms with Crippen LogP contribution in [-0.2, 0) is 42.9 Å². The Bertz CT molecular complexity index is 1500. The third kappa shape index (κ3) is 6.85. The fraction of sp³-hybridized carbons (Fsp3) is 0.595. The number of aliphatic hydroxyl groups excluding tert-OH is 1. The van der Waals surface area contributed by atoms with Crippen molar-refractivity contribution >= 4 is 29.7 Å². The van der Waals surface area contributed by atoms with Crippen molar-refractivity contribution in [2.75, 3.05) is 14.1 Å². The number of carbonyl (C=O) groups is 5. The highest BCUT2D eigenvalue weighted by atomic mass is 16.6. The van der Waals surface area contributed by atoms with Crippen LogP contribution in [-0.4, -0.2) is 84.3 Å². The van der Waals surface area contributed by atoms with E-state index in [1.165, 1.54) is 20.8 Å². The number of likely N-dealkylation sites (N-methyl/N-ethyl adjacent to an activating group) is 1. The zero-order valence-electron chi connectivity index (χ0n) is 29.4. The van der Waals surface area contributed by atoms with Gasteiger partial charge in [0.05, 0.1) is 11.5 Å². The first-order valence-electron chi connectivity index (χ1n) is 16.4. The number of hydrogen-bond acceptors (Lipinski definition) is 11. The summed E-state index contributed by atoms with van der Waals surface area (Å²) in [4.78, 5) is 67.0. The Labute approximate surface area is 282 Å². The van der Waals surface area contributed by atoms with Crippen LogP contribution in [0.2, 0.25) is 0 Å². The van der Waals surface area contributed by atoms with E-state index < -0.39 is 77.2 Å². The van der Waals surface area contributed by atoms with Crippen LogP contribution in [0.3, 0.4) is 0 Å². The van der Waals surface area contributed by atoms with Gasteiger partial charge in [0.15, 0.2) is 24.1 Å². The smallest absolute Gasteiger partial charge is 0.337 e. The number of allylic oxidation sites excluding steroid dienone is 1. The quantitative estimate of drug-likeness (QED) is 0.241. The first-order valence-corrected chi connectivity index (χ1v) is 16.4. The van der Waals surface area contributed by atoms with Gasteiger partial charge in [-0.25, -0.2) is 4.79 Å². The van der Waals surface area contributed by atoms with Gasteiger partial charge in [0.1, 0.15) is 12.2 Å². The molecule has 2 fully saturated rings. The number of ketones is 1. The Hall–Kier alpha value is -3.83. The average molecular weight is 668 g/mol. The Morgan fingerprint density at radius 1 is 0.917 bits per heavy atom.